The number of methoxy groups -OCH3 is 1. The molecule has 1 N–H and O–H groups in total. The lowest BCUT2D eigenvalue weighted by Gasteiger charge is -2.09. The quantitative estimate of drug-likeness (QED) is 0.791. The van der Waals surface area contributed by atoms with Gasteiger partial charge in [-0.25, -0.2) is 9.97 Å². The molecule has 2 aromatic rings. The summed E-state index contributed by atoms with van der Waals surface area (Å²) in [7, 11) is 1.64. The van der Waals surface area contributed by atoms with Crippen molar-refractivity contribution in [2.75, 3.05) is 19.0 Å². The van der Waals surface area contributed by atoms with Crippen molar-refractivity contribution in [2.24, 2.45) is 0 Å². The van der Waals surface area contributed by atoms with E-state index in [1.165, 1.54) is 0 Å². The Morgan fingerprint density at radius 2 is 2.05 bits per heavy atom. The van der Waals surface area contributed by atoms with Crippen LogP contribution in [0.15, 0.2) is 40.5 Å². The van der Waals surface area contributed by atoms with Gasteiger partial charge in [0.15, 0.2) is 5.82 Å². The van der Waals surface area contributed by atoms with Crippen LogP contribution in [0.5, 0.6) is 0 Å². The zero-order valence-electron chi connectivity index (χ0n) is 11.7. The Kier molecular flexibility index (Phi) is 5.76. The normalized spacial score (nSPS) is 10.5. The molecule has 6 heteroatoms. The number of hydrogen-bond donors (Lipinski definition) is 1. The number of pyridine rings is 1. The molecule has 20 heavy (non-hydrogen) atoms. The Morgan fingerprint density at radius 3 is 2.75 bits per heavy atom. The van der Waals surface area contributed by atoms with Crippen LogP contribution in [0.2, 0.25) is 0 Å². The minimum Gasteiger partial charge on any atom is -0.377 e. The summed E-state index contributed by atoms with van der Waals surface area (Å²) in [6.45, 7) is 3.42. The third kappa shape index (κ3) is 4.47. The summed E-state index contributed by atoms with van der Waals surface area (Å²) in [5.74, 6) is 1.52. The predicted molar refractivity (Wildman–Crippen MR) is 79.9 cm³/mol. The third-order valence-corrected chi connectivity index (χ3v) is 3.38. The summed E-state index contributed by atoms with van der Waals surface area (Å²) in [5.41, 5.74) is 0. The van der Waals surface area contributed by atoms with Crippen molar-refractivity contribution in [1.29, 1.82) is 0 Å². The molecule has 0 saturated carbocycles. The van der Waals surface area contributed by atoms with E-state index in [4.69, 9.17) is 4.74 Å². The highest BCUT2D eigenvalue weighted by molar-refractivity contribution is 7.99. The molecule has 0 aromatic carbocycles. The van der Waals surface area contributed by atoms with E-state index >= 15 is 0 Å². The van der Waals surface area contributed by atoms with E-state index in [-0.39, 0.29) is 0 Å². The minimum absolute atomic E-state index is 0.408. The summed E-state index contributed by atoms with van der Waals surface area (Å²) >= 11 is 1.59. The monoisotopic (exact) mass is 290 g/mol. The van der Waals surface area contributed by atoms with Crippen LogP contribution >= 0.6 is 11.8 Å². The van der Waals surface area contributed by atoms with Gasteiger partial charge in [0.1, 0.15) is 17.5 Å². The molecule has 0 spiro atoms. The number of hydrogen-bond acceptors (Lipinski definition) is 6. The van der Waals surface area contributed by atoms with Gasteiger partial charge in [-0.05, 0) is 18.6 Å². The van der Waals surface area contributed by atoms with E-state index in [1.54, 1.807) is 31.3 Å². The van der Waals surface area contributed by atoms with Crippen molar-refractivity contribution in [1.82, 2.24) is 15.0 Å². The predicted octanol–water partition coefficient (Wildman–Crippen LogP) is 2.99. The fourth-order valence-corrected chi connectivity index (χ4v) is 2.41. The number of ether oxygens (including phenoxy) is 1. The molecule has 0 aliphatic carbocycles. The molecule has 0 aliphatic heterocycles. The SMILES string of the molecule is CCCNc1cc(Sc2ccncc2)nc(COC)n1. The molecule has 0 unspecified atom stereocenters. The highest BCUT2D eigenvalue weighted by Crippen LogP contribution is 2.26. The maximum absolute atomic E-state index is 5.12. The second kappa shape index (κ2) is 7.81. The van der Waals surface area contributed by atoms with Gasteiger partial charge in [-0.15, -0.1) is 0 Å². The minimum atomic E-state index is 0.408. The molecule has 2 rings (SSSR count). The standard InChI is InChI=1S/C14H18N4OS/c1-3-6-16-12-9-14(18-13(17-12)10-19-2)20-11-4-7-15-8-5-11/h4-5,7-9H,3,6,10H2,1-2H3,(H,16,17,18). The Bertz CT molecular complexity index is 536. The zero-order valence-corrected chi connectivity index (χ0v) is 12.5. The van der Waals surface area contributed by atoms with Crippen molar-refractivity contribution in [2.45, 2.75) is 29.9 Å². The molecular weight excluding hydrogens is 272 g/mol. The molecule has 5 nitrogen and oxygen atoms in total. The van der Waals surface area contributed by atoms with Crippen LogP contribution in [0.4, 0.5) is 5.82 Å². The lowest BCUT2D eigenvalue weighted by molar-refractivity contribution is 0.177. The average Bonchev–Trinajstić information content (AvgIpc) is 2.46. The van der Waals surface area contributed by atoms with E-state index in [9.17, 15) is 0 Å². The van der Waals surface area contributed by atoms with Crippen molar-refractivity contribution >= 4 is 17.6 Å². The van der Waals surface area contributed by atoms with Gasteiger partial charge in [-0.2, -0.15) is 0 Å². The van der Waals surface area contributed by atoms with Crippen LogP contribution in [0.3, 0.4) is 0 Å². The fourth-order valence-electron chi connectivity index (χ4n) is 1.59. The topological polar surface area (TPSA) is 59.9 Å². The van der Waals surface area contributed by atoms with Gasteiger partial charge in [-0.3, -0.25) is 4.98 Å². The van der Waals surface area contributed by atoms with Crippen LogP contribution in [0.25, 0.3) is 0 Å². The molecule has 0 amide bonds. The highest BCUT2D eigenvalue weighted by atomic mass is 32.2. The second-order valence-electron chi connectivity index (χ2n) is 4.15. The largest absolute Gasteiger partial charge is 0.377 e. The first kappa shape index (κ1) is 14.7. The summed E-state index contributed by atoms with van der Waals surface area (Å²) in [6, 6.07) is 5.88. The Morgan fingerprint density at radius 1 is 1.25 bits per heavy atom. The van der Waals surface area contributed by atoms with Crippen molar-refractivity contribution in [3.8, 4) is 0 Å². The molecule has 0 radical (unpaired) electrons. The van der Waals surface area contributed by atoms with Crippen LogP contribution in [-0.2, 0) is 11.3 Å². The number of anilines is 1. The van der Waals surface area contributed by atoms with Gasteiger partial charge in [0, 0.05) is 37.0 Å². The number of rotatable bonds is 7. The van der Waals surface area contributed by atoms with E-state index < -0.39 is 0 Å². The molecule has 2 heterocycles. The Hall–Kier alpha value is -1.66. The third-order valence-electron chi connectivity index (χ3n) is 2.45. The maximum Gasteiger partial charge on any atom is 0.157 e. The molecule has 2 aromatic heterocycles. The van der Waals surface area contributed by atoms with Gasteiger partial charge in [0.2, 0.25) is 0 Å². The van der Waals surface area contributed by atoms with Crippen LogP contribution in [-0.4, -0.2) is 28.6 Å². The number of nitrogens with one attached hydrogen (secondary N) is 1. The summed E-state index contributed by atoms with van der Waals surface area (Å²) in [5, 5.41) is 4.19. The van der Waals surface area contributed by atoms with Crippen molar-refractivity contribution in [3.05, 3.63) is 36.4 Å². The molecule has 0 aliphatic rings. The first-order chi connectivity index (χ1) is 9.81. The fraction of sp³-hybridized carbons (Fsp3) is 0.357. The summed E-state index contributed by atoms with van der Waals surface area (Å²) in [6.07, 6.45) is 4.60. The molecule has 0 saturated heterocycles. The molecule has 106 valence electrons. The maximum atomic E-state index is 5.12. The smallest absolute Gasteiger partial charge is 0.157 e. The van der Waals surface area contributed by atoms with Crippen molar-refractivity contribution in [3.63, 3.8) is 0 Å². The molecule has 0 bridgehead atoms. The van der Waals surface area contributed by atoms with Gasteiger partial charge >= 0.3 is 0 Å². The van der Waals surface area contributed by atoms with Crippen LogP contribution in [0.1, 0.15) is 19.2 Å². The first-order valence-corrected chi connectivity index (χ1v) is 7.32. The average molecular weight is 290 g/mol. The first-order valence-electron chi connectivity index (χ1n) is 6.50. The Labute approximate surface area is 123 Å². The highest BCUT2D eigenvalue weighted by Gasteiger charge is 2.06. The lowest BCUT2D eigenvalue weighted by atomic mass is 10.4. The van der Waals surface area contributed by atoms with Gasteiger partial charge in [0.05, 0.1) is 0 Å². The van der Waals surface area contributed by atoms with E-state index in [0.717, 1.165) is 28.7 Å². The molecule has 0 atom stereocenters. The summed E-state index contributed by atoms with van der Waals surface area (Å²) in [4.78, 5) is 14.0. The van der Waals surface area contributed by atoms with Gasteiger partial charge in [0.25, 0.3) is 0 Å². The lowest BCUT2D eigenvalue weighted by Crippen LogP contribution is -2.06. The van der Waals surface area contributed by atoms with E-state index in [0.29, 0.717) is 12.4 Å². The van der Waals surface area contributed by atoms with Gasteiger partial charge in [-0.1, -0.05) is 18.7 Å². The second-order valence-corrected chi connectivity index (χ2v) is 5.25. The van der Waals surface area contributed by atoms with Crippen molar-refractivity contribution < 1.29 is 4.74 Å². The Balaban J connectivity index is 2.19. The molecule has 0 fully saturated rings. The van der Waals surface area contributed by atoms with Crippen LogP contribution in [0, 0.1) is 0 Å². The number of nitrogens with zero attached hydrogens (tertiary/aromatic N) is 3. The zero-order chi connectivity index (χ0) is 14.2. The molecular formula is C14H18N4OS. The van der Waals surface area contributed by atoms with Gasteiger partial charge < -0.3 is 10.1 Å². The van der Waals surface area contributed by atoms with E-state index in [1.807, 2.05) is 18.2 Å². The van der Waals surface area contributed by atoms with E-state index in [2.05, 4.69) is 27.2 Å². The summed E-state index contributed by atoms with van der Waals surface area (Å²) < 4.78 is 5.12. The number of aromatic nitrogens is 3. The van der Waals surface area contributed by atoms with Crippen LogP contribution < -0.4 is 5.32 Å².